The van der Waals surface area contributed by atoms with Crippen LogP contribution in [0, 0.1) is 5.92 Å². The van der Waals surface area contributed by atoms with Gasteiger partial charge in [-0.25, -0.2) is 5.43 Å². The van der Waals surface area contributed by atoms with E-state index in [4.69, 9.17) is 7.85 Å². The smallest absolute Gasteiger partial charge is 0.255 e. The number of nitrogens with zero attached hydrogens (tertiary/aromatic N) is 1. The molecule has 0 aliphatic carbocycles. The van der Waals surface area contributed by atoms with Crippen LogP contribution in [0.25, 0.3) is 0 Å². The van der Waals surface area contributed by atoms with Crippen LogP contribution in [0.4, 0.5) is 0 Å². The highest BCUT2D eigenvalue weighted by Gasteiger charge is 2.29. The Morgan fingerprint density at radius 1 is 1.80 bits per heavy atom. The van der Waals surface area contributed by atoms with Gasteiger partial charge in [0.1, 0.15) is 19.5 Å². The maximum absolute atomic E-state index is 10.7. The Bertz CT molecular complexity index is 224. The third-order valence-corrected chi connectivity index (χ3v) is 1.26. The van der Waals surface area contributed by atoms with E-state index < -0.39 is 11.8 Å². The van der Waals surface area contributed by atoms with E-state index in [1.807, 2.05) is 0 Å². The molecule has 0 spiro atoms. The quantitative estimate of drug-likeness (QED) is 0.363. The van der Waals surface area contributed by atoms with Crippen LogP contribution in [0.3, 0.4) is 0 Å². The van der Waals surface area contributed by atoms with Crippen molar-refractivity contribution in [2.75, 3.05) is 0 Å². The van der Waals surface area contributed by atoms with Crippen molar-refractivity contribution in [3.63, 3.8) is 0 Å². The summed E-state index contributed by atoms with van der Waals surface area (Å²) in [6.45, 7) is 1.30. The fraction of sp³-hybridized carbons (Fsp3) is 0.400. The van der Waals surface area contributed by atoms with Gasteiger partial charge in [-0.15, -0.1) is 0 Å². The summed E-state index contributed by atoms with van der Waals surface area (Å²) in [5.41, 5.74) is 2.16. The van der Waals surface area contributed by atoms with Crippen LogP contribution >= 0.6 is 0 Å². The molecule has 0 fully saturated rings. The lowest BCUT2D eigenvalue weighted by Gasteiger charge is -1.99. The zero-order chi connectivity index (χ0) is 7.72. The number of rotatable bonds is 1. The molecule has 0 aromatic carbocycles. The summed E-state index contributed by atoms with van der Waals surface area (Å²) in [4.78, 5) is 21.3. The molecule has 1 unspecified atom stereocenters. The molecule has 0 saturated carbocycles. The molecule has 1 N–H and O–H groups in total. The molecule has 1 atom stereocenters. The number of amides is 1. The van der Waals surface area contributed by atoms with Crippen molar-refractivity contribution in [3.05, 3.63) is 0 Å². The second-order valence-corrected chi connectivity index (χ2v) is 2.06. The summed E-state index contributed by atoms with van der Waals surface area (Å²) in [5.74, 6) is -1.58. The van der Waals surface area contributed by atoms with E-state index in [1.165, 1.54) is 6.92 Å². The Kier molecular flexibility index (Phi) is 1.57. The molecule has 0 aromatic heterocycles. The third kappa shape index (κ3) is 0.942. The van der Waals surface area contributed by atoms with Gasteiger partial charge in [0.05, 0.1) is 0 Å². The lowest BCUT2D eigenvalue weighted by atomic mass is 9.86. The first-order valence-corrected chi connectivity index (χ1v) is 2.76. The number of carbonyl (C=O) groups excluding carboxylic acids is 2. The minimum atomic E-state index is -0.861. The highest BCUT2D eigenvalue weighted by molar-refractivity contribution is 6.65. The van der Waals surface area contributed by atoms with E-state index in [0.29, 0.717) is 0 Å². The molecular formula is C5H5BN2O2. The molecule has 0 bridgehead atoms. The maximum Gasteiger partial charge on any atom is 0.255 e. The van der Waals surface area contributed by atoms with Crippen molar-refractivity contribution in [2.45, 2.75) is 6.92 Å². The predicted octanol–water partition coefficient (Wildman–Crippen LogP) is -1.20. The Balaban J connectivity index is 2.84. The summed E-state index contributed by atoms with van der Waals surface area (Å²) < 4.78 is 0. The molecule has 1 amide bonds. The van der Waals surface area contributed by atoms with Crippen molar-refractivity contribution in [1.82, 2.24) is 5.43 Å². The normalized spacial score (nSPS) is 23.9. The van der Waals surface area contributed by atoms with Crippen molar-refractivity contribution in [2.24, 2.45) is 11.0 Å². The number of nitrogens with one attached hydrogen (secondary N) is 1. The minimum absolute atomic E-state index is 0.0532. The largest absolute Gasteiger partial charge is 0.299 e. The second kappa shape index (κ2) is 2.25. The summed E-state index contributed by atoms with van der Waals surface area (Å²) in [7, 11) is 5.22. The molecule has 1 rings (SSSR count). The summed E-state index contributed by atoms with van der Waals surface area (Å²) in [5, 5.41) is 3.39. The number of Topliss-reactive ketones (excluding diaryl/α,β-unsaturated/α-hetero) is 1. The maximum atomic E-state index is 10.7. The molecule has 10 heavy (non-hydrogen) atoms. The first-order valence-electron chi connectivity index (χ1n) is 2.76. The van der Waals surface area contributed by atoms with Crippen LogP contribution in [-0.2, 0) is 9.59 Å². The van der Waals surface area contributed by atoms with E-state index in [-0.39, 0.29) is 11.4 Å². The van der Waals surface area contributed by atoms with E-state index in [2.05, 4.69) is 10.5 Å². The van der Waals surface area contributed by atoms with Gasteiger partial charge >= 0.3 is 0 Å². The topological polar surface area (TPSA) is 58.5 Å². The van der Waals surface area contributed by atoms with Gasteiger partial charge in [0.25, 0.3) is 5.91 Å². The van der Waals surface area contributed by atoms with E-state index in [1.54, 1.807) is 0 Å². The fourth-order valence-electron chi connectivity index (χ4n) is 0.776. The Morgan fingerprint density at radius 3 is 2.60 bits per heavy atom. The molecule has 4 nitrogen and oxygen atoms in total. The summed E-state index contributed by atoms with van der Waals surface area (Å²) >= 11 is 0. The van der Waals surface area contributed by atoms with Crippen LogP contribution in [0.5, 0.6) is 0 Å². The minimum Gasteiger partial charge on any atom is -0.299 e. The molecule has 5 heteroatoms. The number of ketones is 1. The van der Waals surface area contributed by atoms with Gasteiger partial charge in [-0.2, -0.15) is 5.10 Å². The molecule has 0 aromatic rings. The van der Waals surface area contributed by atoms with Crippen LogP contribution in [0.15, 0.2) is 5.10 Å². The van der Waals surface area contributed by atoms with Crippen molar-refractivity contribution in [3.8, 4) is 0 Å². The van der Waals surface area contributed by atoms with Gasteiger partial charge in [-0.1, -0.05) is 0 Å². The fourth-order valence-corrected chi connectivity index (χ4v) is 0.776. The number of hydrogen-bond donors (Lipinski definition) is 1. The summed E-state index contributed by atoms with van der Waals surface area (Å²) in [6, 6.07) is 0. The first kappa shape index (κ1) is 6.99. The highest BCUT2D eigenvalue weighted by atomic mass is 16.2. The van der Waals surface area contributed by atoms with Crippen LogP contribution in [0.2, 0.25) is 0 Å². The van der Waals surface area contributed by atoms with Gasteiger partial charge in [0, 0.05) is 5.61 Å². The van der Waals surface area contributed by atoms with Gasteiger partial charge in [-0.05, 0) is 6.92 Å². The van der Waals surface area contributed by atoms with Crippen molar-refractivity contribution in [1.29, 1.82) is 0 Å². The Hall–Kier alpha value is -1.13. The van der Waals surface area contributed by atoms with Gasteiger partial charge in [0.15, 0.2) is 0 Å². The average Bonchev–Trinajstić information content (AvgIpc) is 2.11. The predicted molar refractivity (Wildman–Crippen MR) is 35.5 cm³/mol. The Morgan fingerprint density at radius 2 is 2.40 bits per heavy atom. The molecule has 50 valence electrons. The molecule has 0 saturated heterocycles. The lowest BCUT2D eigenvalue weighted by molar-refractivity contribution is -0.129. The third-order valence-electron chi connectivity index (χ3n) is 1.26. The van der Waals surface area contributed by atoms with Crippen molar-refractivity contribution >= 4 is 25.1 Å². The number of hydrogen-bond acceptors (Lipinski definition) is 3. The molecule has 1 aliphatic heterocycles. The number of carbonyl (C=O) groups is 2. The number of hydrazone groups is 1. The van der Waals surface area contributed by atoms with Crippen LogP contribution in [-0.4, -0.2) is 25.1 Å². The SMILES string of the molecule is [B]C1=NNC(=O)C1C(C)=O. The van der Waals surface area contributed by atoms with Gasteiger partial charge in [0.2, 0.25) is 0 Å². The zero-order valence-electron chi connectivity index (χ0n) is 5.42. The first-order chi connectivity index (χ1) is 4.63. The summed E-state index contributed by atoms with van der Waals surface area (Å²) in [6.07, 6.45) is 0. The zero-order valence-corrected chi connectivity index (χ0v) is 5.42. The van der Waals surface area contributed by atoms with E-state index in [9.17, 15) is 9.59 Å². The average molecular weight is 136 g/mol. The molecule has 1 aliphatic rings. The molecular weight excluding hydrogens is 131 g/mol. The highest BCUT2D eigenvalue weighted by Crippen LogP contribution is 2.04. The van der Waals surface area contributed by atoms with Crippen LogP contribution in [0.1, 0.15) is 6.92 Å². The van der Waals surface area contributed by atoms with E-state index in [0.717, 1.165) is 0 Å². The Labute approximate surface area is 59.1 Å². The molecule has 2 radical (unpaired) electrons. The van der Waals surface area contributed by atoms with Crippen LogP contribution < -0.4 is 5.43 Å². The second-order valence-electron chi connectivity index (χ2n) is 2.06. The van der Waals surface area contributed by atoms with Gasteiger partial charge < -0.3 is 0 Å². The van der Waals surface area contributed by atoms with Gasteiger partial charge in [-0.3, -0.25) is 9.59 Å². The van der Waals surface area contributed by atoms with E-state index >= 15 is 0 Å². The lowest BCUT2D eigenvalue weighted by Crippen LogP contribution is -2.29. The monoisotopic (exact) mass is 136 g/mol. The van der Waals surface area contributed by atoms with Crippen molar-refractivity contribution < 1.29 is 9.59 Å². The molecule has 1 heterocycles. The standard InChI is InChI=1S/C5H5BN2O2/c1-2(9)3-4(6)7-8-5(3)10/h3H,1H3,(H,8,10).